The van der Waals surface area contributed by atoms with E-state index in [1.165, 1.54) is 6.07 Å². The molecule has 2 N–H and O–H groups in total. The molecule has 2 aromatic rings. The number of hydrogen-bond donors (Lipinski definition) is 1. The maximum Gasteiger partial charge on any atom is 0.273 e. The van der Waals surface area contributed by atoms with Crippen LogP contribution in [0.2, 0.25) is 0 Å². The summed E-state index contributed by atoms with van der Waals surface area (Å²) < 4.78 is 5.13. The Hall–Kier alpha value is -2.28. The molecule has 0 aliphatic carbocycles. The average Bonchev–Trinajstić information content (AvgIpc) is 2.87. The van der Waals surface area contributed by atoms with Crippen LogP contribution in [0.3, 0.4) is 0 Å². The van der Waals surface area contributed by atoms with Crippen molar-refractivity contribution in [2.24, 2.45) is 5.73 Å². The summed E-state index contributed by atoms with van der Waals surface area (Å²) in [5.74, 6) is 0.781. The van der Waals surface area contributed by atoms with Crippen LogP contribution in [0.25, 0.3) is 11.5 Å². The second-order valence-corrected chi connectivity index (χ2v) is 4.65. The molecule has 0 fully saturated rings. The number of aromatic nitrogens is 2. The van der Waals surface area contributed by atoms with Crippen LogP contribution in [-0.2, 0) is 6.42 Å². The van der Waals surface area contributed by atoms with Gasteiger partial charge in [-0.15, -0.1) is 0 Å². The lowest BCUT2D eigenvalue weighted by Gasteiger charge is -2.02. The van der Waals surface area contributed by atoms with E-state index in [0.717, 1.165) is 6.42 Å². The zero-order valence-electron chi connectivity index (χ0n) is 11.4. The van der Waals surface area contributed by atoms with Crippen LogP contribution >= 0.6 is 0 Å². The SMILES string of the molecule is CCC(N)Cc1noc(-c2ccc(C)c([N+](=O)[O-])c2)n1. The maximum atomic E-state index is 10.9. The second kappa shape index (κ2) is 5.79. The normalized spacial score (nSPS) is 12.3. The number of aryl methyl sites for hydroxylation is 1. The molecule has 0 radical (unpaired) electrons. The Kier molecular flexibility index (Phi) is 4.09. The Morgan fingerprint density at radius 1 is 1.50 bits per heavy atom. The largest absolute Gasteiger partial charge is 0.334 e. The fourth-order valence-electron chi connectivity index (χ4n) is 1.77. The molecule has 0 saturated heterocycles. The minimum absolute atomic E-state index is 0.0206. The minimum atomic E-state index is -0.427. The van der Waals surface area contributed by atoms with Gasteiger partial charge in [0.15, 0.2) is 5.82 Å². The molecule has 7 heteroatoms. The summed E-state index contributed by atoms with van der Waals surface area (Å²) in [6.07, 6.45) is 1.34. The molecular formula is C13H16N4O3. The predicted molar refractivity (Wildman–Crippen MR) is 73.1 cm³/mol. The van der Waals surface area contributed by atoms with Crippen molar-refractivity contribution < 1.29 is 9.45 Å². The molecule has 0 bridgehead atoms. The van der Waals surface area contributed by atoms with Crippen LogP contribution in [0.1, 0.15) is 24.7 Å². The number of nitro benzene ring substituents is 1. The van der Waals surface area contributed by atoms with Crippen LogP contribution in [0.15, 0.2) is 22.7 Å². The van der Waals surface area contributed by atoms with E-state index in [0.29, 0.717) is 23.4 Å². The molecule has 2 rings (SSSR count). The molecule has 0 aliphatic rings. The van der Waals surface area contributed by atoms with Crippen molar-refractivity contribution in [3.05, 3.63) is 39.7 Å². The molecule has 0 saturated carbocycles. The number of rotatable bonds is 5. The van der Waals surface area contributed by atoms with E-state index < -0.39 is 4.92 Å². The van der Waals surface area contributed by atoms with E-state index in [1.807, 2.05) is 6.92 Å². The Bertz CT molecular complexity index is 624. The highest BCUT2D eigenvalue weighted by Gasteiger charge is 2.16. The molecule has 0 spiro atoms. The zero-order chi connectivity index (χ0) is 14.7. The minimum Gasteiger partial charge on any atom is -0.334 e. The summed E-state index contributed by atoms with van der Waals surface area (Å²) >= 11 is 0. The highest BCUT2D eigenvalue weighted by atomic mass is 16.6. The van der Waals surface area contributed by atoms with E-state index in [-0.39, 0.29) is 17.6 Å². The monoisotopic (exact) mass is 276 g/mol. The first-order chi connectivity index (χ1) is 9.51. The number of hydrogen-bond acceptors (Lipinski definition) is 6. The van der Waals surface area contributed by atoms with Crippen molar-refractivity contribution in [1.82, 2.24) is 10.1 Å². The predicted octanol–water partition coefficient (Wildman–Crippen LogP) is 2.23. The fourth-order valence-corrected chi connectivity index (χ4v) is 1.77. The first kappa shape index (κ1) is 14.1. The van der Waals surface area contributed by atoms with Crippen molar-refractivity contribution in [3.8, 4) is 11.5 Å². The van der Waals surface area contributed by atoms with Crippen molar-refractivity contribution in [1.29, 1.82) is 0 Å². The molecule has 1 heterocycles. The molecule has 1 atom stereocenters. The van der Waals surface area contributed by atoms with Crippen LogP contribution < -0.4 is 5.73 Å². The van der Waals surface area contributed by atoms with Crippen molar-refractivity contribution >= 4 is 5.69 Å². The van der Waals surface area contributed by atoms with Crippen LogP contribution in [0.4, 0.5) is 5.69 Å². The summed E-state index contributed by atoms with van der Waals surface area (Å²) in [5.41, 5.74) is 6.98. The van der Waals surface area contributed by atoms with Gasteiger partial charge in [0.05, 0.1) is 4.92 Å². The molecular weight excluding hydrogens is 260 g/mol. The summed E-state index contributed by atoms with van der Waals surface area (Å²) in [5, 5.41) is 14.8. The van der Waals surface area contributed by atoms with E-state index in [2.05, 4.69) is 10.1 Å². The Balaban J connectivity index is 2.28. The van der Waals surface area contributed by atoms with Gasteiger partial charge in [0.25, 0.3) is 11.6 Å². The Labute approximate surface area is 115 Å². The molecule has 106 valence electrons. The van der Waals surface area contributed by atoms with E-state index in [1.54, 1.807) is 19.1 Å². The van der Waals surface area contributed by atoms with Crippen molar-refractivity contribution in [2.75, 3.05) is 0 Å². The smallest absolute Gasteiger partial charge is 0.273 e. The number of nitrogens with zero attached hydrogens (tertiary/aromatic N) is 3. The standard InChI is InChI=1S/C13H16N4O3/c1-3-10(14)7-12-15-13(20-16-12)9-5-4-8(2)11(6-9)17(18)19/h4-6,10H,3,7,14H2,1-2H3. The first-order valence-corrected chi connectivity index (χ1v) is 6.34. The molecule has 1 aromatic carbocycles. The van der Waals surface area contributed by atoms with Gasteiger partial charge < -0.3 is 10.3 Å². The topological polar surface area (TPSA) is 108 Å². The quantitative estimate of drug-likeness (QED) is 0.662. The molecule has 0 amide bonds. The lowest BCUT2D eigenvalue weighted by atomic mass is 10.1. The molecule has 20 heavy (non-hydrogen) atoms. The number of nitro groups is 1. The molecule has 1 unspecified atom stereocenters. The van der Waals surface area contributed by atoms with E-state index >= 15 is 0 Å². The maximum absolute atomic E-state index is 10.9. The average molecular weight is 276 g/mol. The van der Waals surface area contributed by atoms with Gasteiger partial charge in [-0.3, -0.25) is 10.1 Å². The summed E-state index contributed by atoms with van der Waals surface area (Å²) in [6.45, 7) is 3.66. The Morgan fingerprint density at radius 2 is 2.25 bits per heavy atom. The van der Waals surface area contributed by atoms with Gasteiger partial charge in [-0.2, -0.15) is 4.98 Å². The fraction of sp³-hybridized carbons (Fsp3) is 0.385. The lowest BCUT2D eigenvalue weighted by molar-refractivity contribution is -0.385. The third-order valence-electron chi connectivity index (χ3n) is 3.09. The van der Waals surface area contributed by atoms with Gasteiger partial charge in [0.2, 0.25) is 0 Å². The number of benzene rings is 1. The van der Waals surface area contributed by atoms with Gasteiger partial charge in [0.1, 0.15) is 0 Å². The van der Waals surface area contributed by atoms with E-state index in [4.69, 9.17) is 10.3 Å². The summed E-state index contributed by atoms with van der Waals surface area (Å²) in [4.78, 5) is 14.7. The zero-order valence-corrected chi connectivity index (χ0v) is 11.4. The summed E-state index contributed by atoms with van der Waals surface area (Å²) in [7, 11) is 0. The number of nitrogens with two attached hydrogens (primary N) is 1. The summed E-state index contributed by atoms with van der Waals surface area (Å²) in [6, 6.07) is 4.80. The highest BCUT2D eigenvalue weighted by Crippen LogP contribution is 2.25. The van der Waals surface area contributed by atoms with Gasteiger partial charge in [-0.25, -0.2) is 0 Å². The van der Waals surface area contributed by atoms with Crippen LogP contribution in [-0.4, -0.2) is 21.1 Å². The van der Waals surface area contributed by atoms with Crippen molar-refractivity contribution in [3.63, 3.8) is 0 Å². The third-order valence-corrected chi connectivity index (χ3v) is 3.09. The second-order valence-electron chi connectivity index (χ2n) is 4.65. The van der Waals surface area contributed by atoms with Crippen LogP contribution in [0.5, 0.6) is 0 Å². The Morgan fingerprint density at radius 3 is 2.90 bits per heavy atom. The van der Waals surface area contributed by atoms with Gasteiger partial charge in [-0.1, -0.05) is 18.1 Å². The van der Waals surface area contributed by atoms with E-state index in [9.17, 15) is 10.1 Å². The van der Waals surface area contributed by atoms with Crippen molar-refractivity contribution in [2.45, 2.75) is 32.7 Å². The van der Waals surface area contributed by atoms with Gasteiger partial charge in [-0.05, 0) is 19.4 Å². The molecule has 7 nitrogen and oxygen atoms in total. The first-order valence-electron chi connectivity index (χ1n) is 6.34. The highest BCUT2D eigenvalue weighted by molar-refractivity contribution is 5.59. The lowest BCUT2D eigenvalue weighted by Crippen LogP contribution is -2.21. The van der Waals surface area contributed by atoms with Crippen LogP contribution in [0, 0.1) is 17.0 Å². The third kappa shape index (κ3) is 3.00. The molecule has 1 aromatic heterocycles. The molecule has 0 aliphatic heterocycles. The van der Waals surface area contributed by atoms with Gasteiger partial charge in [0, 0.05) is 29.7 Å². The van der Waals surface area contributed by atoms with Gasteiger partial charge >= 0.3 is 0 Å².